The largest absolute Gasteiger partial charge is 0.404 e. The average Bonchev–Trinajstić information content (AvgIpc) is 2.93. The van der Waals surface area contributed by atoms with Crippen LogP contribution in [0, 0.1) is 17.0 Å². The van der Waals surface area contributed by atoms with Gasteiger partial charge in [-0.1, -0.05) is 0 Å². The van der Waals surface area contributed by atoms with Gasteiger partial charge in [-0.15, -0.1) is 11.3 Å². The molecule has 0 saturated heterocycles. The van der Waals surface area contributed by atoms with Crippen molar-refractivity contribution in [3.63, 3.8) is 0 Å². The van der Waals surface area contributed by atoms with Gasteiger partial charge >= 0.3 is 5.82 Å². The number of aryl methyl sites for hydroxylation is 1. The van der Waals surface area contributed by atoms with E-state index in [0.717, 1.165) is 5.69 Å². The van der Waals surface area contributed by atoms with Crippen molar-refractivity contribution in [3.8, 4) is 0 Å². The molecular weight excluding hydrogens is 362 g/mol. The van der Waals surface area contributed by atoms with Crippen LogP contribution >= 0.6 is 27.3 Å². The van der Waals surface area contributed by atoms with Gasteiger partial charge < -0.3 is 10.1 Å². The Balaban J connectivity index is 2.00. The molecule has 0 radical (unpaired) electrons. The van der Waals surface area contributed by atoms with Gasteiger partial charge in [0.15, 0.2) is 4.96 Å². The first-order valence-electron chi connectivity index (χ1n) is 5.80. The van der Waals surface area contributed by atoms with E-state index in [0.29, 0.717) is 10.7 Å². The zero-order chi connectivity index (χ0) is 15.1. The molecule has 0 spiro atoms. The summed E-state index contributed by atoms with van der Waals surface area (Å²) in [5.41, 5.74) is 1.16. The number of rotatable bonds is 3. The molecular formula is C11H8BrN5O3S. The highest BCUT2D eigenvalue weighted by atomic mass is 79.9. The van der Waals surface area contributed by atoms with Crippen LogP contribution in [-0.2, 0) is 6.54 Å². The minimum atomic E-state index is -0.575. The van der Waals surface area contributed by atoms with Crippen molar-refractivity contribution in [3.05, 3.63) is 54.0 Å². The van der Waals surface area contributed by atoms with Crippen molar-refractivity contribution in [2.45, 2.75) is 13.5 Å². The number of nitrogens with zero attached hydrogens (tertiary/aromatic N) is 5. The SMILES string of the molecule is Cc1csc2nc(Cn3cc(Br)c([N+](=O)[O-])n3)cc(=O)n12. The molecule has 0 fully saturated rings. The number of nitro groups is 1. The van der Waals surface area contributed by atoms with E-state index in [9.17, 15) is 14.9 Å². The topological polar surface area (TPSA) is 95.3 Å². The van der Waals surface area contributed by atoms with Crippen LogP contribution in [0.5, 0.6) is 0 Å². The van der Waals surface area contributed by atoms with Crippen LogP contribution < -0.4 is 5.56 Å². The molecule has 0 aromatic carbocycles. The number of fused-ring (bicyclic) bond motifs is 1. The molecule has 0 bridgehead atoms. The third-order valence-electron chi connectivity index (χ3n) is 2.82. The van der Waals surface area contributed by atoms with E-state index in [-0.39, 0.29) is 22.4 Å². The van der Waals surface area contributed by atoms with Gasteiger partial charge in [0, 0.05) is 17.1 Å². The van der Waals surface area contributed by atoms with Crippen molar-refractivity contribution in [2.24, 2.45) is 0 Å². The first kappa shape index (κ1) is 13.9. The number of thiazole rings is 1. The molecule has 0 amide bonds. The van der Waals surface area contributed by atoms with Crippen LogP contribution in [0.15, 0.2) is 26.9 Å². The fourth-order valence-electron chi connectivity index (χ4n) is 1.94. The van der Waals surface area contributed by atoms with Crippen LogP contribution in [0.25, 0.3) is 4.96 Å². The van der Waals surface area contributed by atoms with Gasteiger partial charge in [-0.2, -0.15) is 4.68 Å². The highest BCUT2D eigenvalue weighted by Gasteiger charge is 2.19. The summed E-state index contributed by atoms with van der Waals surface area (Å²) in [7, 11) is 0. The van der Waals surface area contributed by atoms with Gasteiger partial charge in [-0.3, -0.25) is 9.20 Å². The zero-order valence-corrected chi connectivity index (χ0v) is 13.1. The van der Waals surface area contributed by atoms with E-state index in [2.05, 4.69) is 26.0 Å². The molecule has 0 aliphatic carbocycles. The molecule has 21 heavy (non-hydrogen) atoms. The first-order valence-corrected chi connectivity index (χ1v) is 7.47. The Labute approximate surface area is 129 Å². The van der Waals surface area contributed by atoms with E-state index in [1.54, 1.807) is 0 Å². The van der Waals surface area contributed by atoms with Crippen molar-refractivity contribution in [2.75, 3.05) is 0 Å². The summed E-state index contributed by atoms with van der Waals surface area (Å²) in [6, 6.07) is 1.41. The van der Waals surface area contributed by atoms with Gasteiger partial charge in [0.25, 0.3) is 5.56 Å². The van der Waals surface area contributed by atoms with Crippen LogP contribution in [0.2, 0.25) is 0 Å². The van der Waals surface area contributed by atoms with Gasteiger partial charge in [0.05, 0.1) is 17.0 Å². The molecule has 0 N–H and O–H groups in total. The number of hydrogen-bond acceptors (Lipinski definition) is 6. The summed E-state index contributed by atoms with van der Waals surface area (Å²) in [5, 5.41) is 16.4. The maximum Gasteiger partial charge on any atom is 0.404 e. The standard InChI is InChI=1S/C11H8BrN5O3S/c1-6-5-21-11-13-7(2-9(18)16(6)11)3-15-4-8(12)10(14-15)17(19)20/h2,4-5H,3H2,1H3. The number of aromatic nitrogens is 4. The summed E-state index contributed by atoms with van der Waals surface area (Å²) < 4.78 is 3.19. The lowest BCUT2D eigenvalue weighted by molar-refractivity contribution is -0.390. The molecule has 0 aliphatic heterocycles. The van der Waals surface area contributed by atoms with Crippen LogP contribution in [0.1, 0.15) is 11.4 Å². The number of hydrogen-bond donors (Lipinski definition) is 0. The lowest BCUT2D eigenvalue weighted by Gasteiger charge is -1.99. The molecule has 0 saturated carbocycles. The van der Waals surface area contributed by atoms with E-state index in [4.69, 9.17) is 0 Å². The van der Waals surface area contributed by atoms with Crippen LogP contribution in [-0.4, -0.2) is 24.1 Å². The second kappa shape index (κ2) is 5.04. The van der Waals surface area contributed by atoms with Crippen molar-refractivity contribution >= 4 is 38.0 Å². The maximum absolute atomic E-state index is 12.0. The van der Waals surface area contributed by atoms with Gasteiger partial charge in [-0.05, 0) is 27.8 Å². The fraction of sp³-hybridized carbons (Fsp3) is 0.182. The summed E-state index contributed by atoms with van der Waals surface area (Å²) in [6.45, 7) is 2.02. The molecule has 10 heteroatoms. The van der Waals surface area contributed by atoms with Gasteiger partial charge in [0.1, 0.15) is 11.0 Å². The molecule has 3 aromatic rings. The minimum Gasteiger partial charge on any atom is -0.358 e. The first-order chi connectivity index (χ1) is 9.95. The summed E-state index contributed by atoms with van der Waals surface area (Å²) in [6.07, 6.45) is 1.49. The fourth-order valence-corrected chi connectivity index (χ4v) is 3.29. The molecule has 108 valence electrons. The van der Waals surface area contributed by atoms with Crippen LogP contribution in [0.3, 0.4) is 0 Å². The molecule has 0 unspecified atom stereocenters. The maximum atomic E-state index is 12.0. The van der Waals surface area contributed by atoms with Crippen molar-refractivity contribution in [1.82, 2.24) is 19.2 Å². The Kier molecular flexibility index (Phi) is 3.33. The van der Waals surface area contributed by atoms with Gasteiger partial charge in [0.2, 0.25) is 0 Å². The van der Waals surface area contributed by atoms with Crippen molar-refractivity contribution in [1.29, 1.82) is 0 Å². The minimum absolute atomic E-state index is 0.172. The van der Waals surface area contributed by atoms with E-state index >= 15 is 0 Å². The monoisotopic (exact) mass is 369 g/mol. The predicted octanol–water partition coefficient (Wildman–Crippen LogP) is 1.98. The van der Waals surface area contributed by atoms with Crippen LogP contribution in [0.4, 0.5) is 5.82 Å². The molecule has 3 rings (SSSR count). The molecule has 0 atom stereocenters. The Morgan fingerprint density at radius 1 is 1.52 bits per heavy atom. The Hall–Kier alpha value is -2.07. The normalized spacial score (nSPS) is 11.1. The average molecular weight is 370 g/mol. The zero-order valence-electron chi connectivity index (χ0n) is 10.7. The third kappa shape index (κ3) is 2.47. The predicted molar refractivity (Wildman–Crippen MR) is 79.8 cm³/mol. The summed E-state index contributed by atoms with van der Waals surface area (Å²) in [4.78, 5) is 27.2. The highest BCUT2D eigenvalue weighted by molar-refractivity contribution is 9.10. The Morgan fingerprint density at radius 2 is 2.29 bits per heavy atom. The summed E-state index contributed by atoms with van der Waals surface area (Å²) >= 11 is 4.45. The second-order valence-electron chi connectivity index (χ2n) is 4.34. The van der Waals surface area contributed by atoms with Crippen molar-refractivity contribution < 1.29 is 4.92 Å². The van der Waals surface area contributed by atoms with Gasteiger partial charge in [-0.25, -0.2) is 4.98 Å². The smallest absolute Gasteiger partial charge is 0.358 e. The van der Waals surface area contributed by atoms with E-state index in [1.165, 1.54) is 32.7 Å². The number of halogens is 1. The van der Waals surface area contributed by atoms with E-state index < -0.39 is 4.92 Å². The Bertz CT molecular complexity index is 912. The quantitative estimate of drug-likeness (QED) is 0.519. The molecule has 8 nitrogen and oxygen atoms in total. The molecule has 0 aliphatic rings. The summed E-state index contributed by atoms with van der Waals surface area (Å²) in [5.74, 6) is -0.264. The third-order valence-corrected chi connectivity index (χ3v) is 4.33. The lowest BCUT2D eigenvalue weighted by atomic mass is 10.4. The van der Waals surface area contributed by atoms with E-state index in [1.807, 2.05) is 12.3 Å². The molecule has 3 aromatic heterocycles. The Morgan fingerprint density at radius 3 is 2.95 bits per heavy atom. The molecule has 3 heterocycles. The lowest BCUT2D eigenvalue weighted by Crippen LogP contribution is -2.16. The highest BCUT2D eigenvalue weighted by Crippen LogP contribution is 2.22. The second-order valence-corrected chi connectivity index (χ2v) is 6.03.